The minimum Gasteiger partial charge on any atom is -0.384 e. The molecule has 2 atom stereocenters. The highest BCUT2D eigenvalue weighted by Crippen LogP contribution is 2.45. The SMILES string of the molecule is CN=C(N)/C=C\N(C=O)C(Cl)(Cl)CC(COP(=O)(O)OC(C)C)OC. The molecule has 0 aromatic rings. The highest BCUT2D eigenvalue weighted by Gasteiger charge is 2.35. The largest absolute Gasteiger partial charge is 0.472 e. The number of phosphoric ester groups is 1. The molecular formula is C13H24Cl2N3O6P. The third kappa shape index (κ3) is 10.2. The van der Waals surface area contributed by atoms with E-state index in [2.05, 4.69) is 4.99 Å². The average Bonchev–Trinajstić information content (AvgIpc) is 2.50. The maximum Gasteiger partial charge on any atom is 0.472 e. The van der Waals surface area contributed by atoms with Crippen LogP contribution >= 0.6 is 31.0 Å². The molecular weight excluding hydrogens is 396 g/mol. The molecule has 1 amide bonds. The standard InChI is InChI=1S/C13H24Cl2N3O6P/c1-10(2)24-25(20,21)23-8-11(22-4)7-13(14,15)18(9-19)6-5-12(16)17-3/h5-6,9-11H,7-8H2,1-4H3,(H2,16,17)(H,20,21)/b6-5-. The second-order valence-corrected chi connectivity index (χ2v) is 7.97. The number of hydrogen-bond donors (Lipinski definition) is 2. The maximum absolute atomic E-state index is 11.7. The van der Waals surface area contributed by atoms with Gasteiger partial charge in [0, 0.05) is 26.8 Å². The van der Waals surface area contributed by atoms with Gasteiger partial charge in [0.15, 0.2) is 4.46 Å². The van der Waals surface area contributed by atoms with Gasteiger partial charge in [-0.15, -0.1) is 0 Å². The van der Waals surface area contributed by atoms with Gasteiger partial charge < -0.3 is 15.4 Å². The van der Waals surface area contributed by atoms with Gasteiger partial charge in [0.1, 0.15) is 5.84 Å². The Bertz CT molecular complexity index is 530. The van der Waals surface area contributed by atoms with Gasteiger partial charge in [-0.1, -0.05) is 23.2 Å². The van der Waals surface area contributed by atoms with E-state index in [1.807, 2.05) is 0 Å². The smallest absolute Gasteiger partial charge is 0.384 e. The fraction of sp³-hybridized carbons (Fsp3) is 0.692. The number of phosphoric acid groups is 1. The molecule has 0 bridgehead atoms. The van der Waals surface area contributed by atoms with Crippen molar-refractivity contribution in [2.75, 3.05) is 20.8 Å². The summed E-state index contributed by atoms with van der Waals surface area (Å²) in [5.74, 6) is 0.162. The van der Waals surface area contributed by atoms with Crippen LogP contribution < -0.4 is 5.73 Å². The number of carbonyl (C=O) groups is 1. The third-order valence-electron chi connectivity index (χ3n) is 2.73. The fourth-order valence-electron chi connectivity index (χ4n) is 1.52. The van der Waals surface area contributed by atoms with E-state index in [9.17, 15) is 14.3 Å². The monoisotopic (exact) mass is 419 g/mol. The van der Waals surface area contributed by atoms with Crippen molar-refractivity contribution in [1.29, 1.82) is 0 Å². The maximum atomic E-state index is 11.7. The number of aliphatic imine (C=N–C) groups is 1. The molecule has 0 saturated heterocycles. The average molecular weight is 420 g/mol. The number of alkyl halides is 2. The van der Waals surface area contributed by atoms with E-state index in [1.54, 1.807) is 13.8 Å². The summed E-state index contributed by atoms with van der Waals surface area (Å²) in [6.45, 7) is 2.84. The first-order valence-electron chi connectivity index (χ1n) is 7.18. The summed E-state index contributed by atoms with van der Waals surface area (Å²) in [5, 5.41) is 0. The minimum absolute atomic E-state index is 0.124. The number of halogens is 2. The van der Waals surface area contributed by atoms with Crippen molar-refractivity contribution in [1.82, 2.24) is 4.90 Å². The number of nitrogens with zero attached hydrogens (tertiary/aromatic N) is 2. The second kappa shape index (κ2) is 11.1. The van der Waals surface area contributed by atoms with Gasteiger partial charge in [0.05, 0.1) is 18.8 Å². The van der Waals surface area contributed by atoms with Crippen LogP contribution in [0.1, 0.15) is 20.3 Å². The van der Waals surface area contributed by atoms with E-state index < -0.39 is 24.5 Å². The van der Waals surface area contributed by atoms with Crippen LogP contribution in [0.25, 0.3) is 0 Å². The van der Waals surface area contributed by atoms with Crippen molar-refractivity contribution < 1.29 is 28.0 Å². The Morgan fingerprint density at radius 3 is 2.52 bits per heavy atom. The van der Waals surface area contributed by atoms with Crippen LogP contribution in [0.15, 0.2) is 17.3 Å². The second-order valence-electron chi connectivity index (χ2n) is 5.12. The molecule has 0 fully saturated rings. The van der Waals surface area contributed by atoms with Crippen LogP contribution in [0.5, 0.6) is 0 Å². The van der Waals surface area contributed by atoms with Crippen molar-refractivity contribution in [2.45, 2.75) is 36.9 Å². The molecule has 2 unspecified atom stereocenters. The molecule has 0 aliphatic heterocycles. The molecule has 0 aliphatic carbocycles. The Morgan fingerprint density at radius 1 is 1.48 bits per heavy atom. The zero-order valence-electron chi connectivity index (χ0n) is 14.5. The highest BCUT2D eigenvalue weighted by molar-refractivity contribution is 7.47. The van der Waals surface area contributed by atoms with Crippen LogP contribution in [0.4, 0.5) is 0 Å². The lowest BCUT2D eigenvalue weighted by molar-refractivity contribution is -0.117. The topological polar surface area (TPSA) is 124 Å². The normalized spacial score (nSPS) is 16.9. The first kappa shape index (κ1) is 24.3. The first-order valence-corrected chi connectivity index (χ1v) is 9.43. The third-order valence-corrected chi connectivity index (χ3v) is 4.59. The minimum atomic E-state index is -4.24. The van der Waals surface area contributed by atoms with Crippen LogP contribution in [-0.2, 0) is 23.1 Å². The van der Waals surface area contributed by atoms with E-state index in [0.29, 0.717) is 6.41 Å². The van der Waals surface area contributed by atoms with Crippen LogP contribution in [0, 0.1) is 0 Å². The quantitative estimate of drug-likeness (QED) is 0.124. The predicted octanol–water partition coefficient (Wildman–Crippen LogP) is 2.02. The summed E-state index contributed by atoms with van der Waals surface area (Å²) < 4.78 is 24.7. The highest BCUT2D eigenvalue weighted by atomic mass is 35.5. The van der Waals surface area contributed by atoms with E-state index in [0.717, 1.165) is 4.90 Å². The zero-order chi connectivity index (χ0) is 19.7. The Labute approximate surface area is 157 Å². The fourth-order valence-corrected chi connectivity index (χ4v) is 3.00. The van der Waals surface area contributed by atoms with Gasteiger partial charge in [-0.25, -0.2) is 4.57 Å². The Balaban J connectivity index is 4.93. The number of rotatable bonds is 12. The van der Waals surface area contributed by atoms with Crippen molar-refractivity contribution in [3.8, 4) is 0 Å². The number of hydrogen-bond acceptors (Lipinski definition) is 6. The number of amidine groups is 1. The number of carbonyl (C=O) groups excluding carboxylic acids is 1. The molecule has 0 rings (SSSR count). The molecule has 0 radical (unpaired) electrons. The Kier molecular flexibility index (Phi) is 10.8. The van der Waals surface area contributed by atoms with Crippen LogP contribution in [-0.4, -0.2) is 59.5 Å². The zero-order valence-corrected chi connectivity index (χ0v) is 16.9. The summed E-state index contributed by atoms with van der Waals surface area (Å²) in [7, 11) is -1.42. The van der Waals surface area contributed by atoms with E-state index in [4.69, 9.17) is 42.7 Å². The molecule has 12 heteroatoms. The molecule has 0 aliphatic rings. The molecule has 25 heavy (non-hydrogen) atoms. The lowest BCUT2D eigenvalue weighted by atomic mass is 10.2. The first-order chi connectivity index (χ1) is 11.5. The van der Waals surface area contributed by atoms with E-state index >= 15 is 0 Å². The van der Waals surface area contributed by atoms with Crippen molar-refractivity contribution in [3.63, 3.8) is 0 Å². The lowest BCUT2D eigenvalue weighted by Gasteiger charge is -2.31. The van der Waals surface area contributed by atoms with Crippen molar-refractivity contribution in [3.05, 3.63) is 12.3 Å². The summed E-state index contributed by atoms with van der Waals surface area (Å²) >= 11 is 12.3. The van der Waals surface area contributed by atoms with Crippen LogP contribution in [0.3, 0.4) is 0 Å². The van der Waals surface area contributed by atoms with E-state index in [1.165, 1.54) is 26.4 Å². The summed E-state index contributed by atoms with van der Waals surface area (Å²) in [4.78, 5) is 25.4. The van der Waals surface area contributed by atoms with Crippen molar-refractivity contribution >= 4 is 43.3 Å². The van der Waals surface area contributed by atoms with Gasteiger partial charge in [0.25, 0.3) is 0 Å². The summed E-state index contributed by atoms with van der Waals surface area (Å²) in [6, 6.07) is 0. The molecule has 146 valence electrons. The lowest BCUT2D eigenvalue weighted by Crippen LogP contribution is -2.39. The Morgan fingerprint density at radius 2 is 2.08 bits per heavy atom. The number of nitrogens with two attached hydrogens (primary N) is 1. The summed E-state index contributed by atoms with van der Waals surface area (Å²) in [6.07, 6.45) is 1.57. The molecule has 0 aromatic carbocycles. The number of methoxy groups -OCH3 is 1. The van der Waals surface area contributed by atoms with Gasteiger partial charge >= 0.3 is 7.82 Å². The molecule has 0 saturated carbocycles. The van der Waals surface area contributed by atoms with E-state index in [-0.39, 0.29) is 18.9 Å². The molecule has 9 nitrogen and oxygen atoms in total. The summed E-state index contributed by atoms with van der Waals surface area (Å²) in [5.41, 5.74) is 5.50. The molecule has 0 spiro atoms. The predicted molar refractivity (Wildman–Crippen MR) is 96.4 cm³/mol. The van der Waals surface area contributed by atoms with Crippen molar-refractivity contribution in [2.24, 2.45) is 10.7 Å². The number of ether oxygens (including phenoxy) is 1. The van der Waals surface area contributed by atoms with Crippen LogP contribution in [0.2, 0.25) is 0 Å². The van der Waals surface area contributed by atoms with Gasteiger partial charge in [-0.05, 0) is 19.9 Å². The molecule has 0 heterocycles. The number of amides is 1. The Hall–Kier alpha value is -0.670. The molecule has 3 N–H and O–H groups in total. The van der Waals surface area contributed by atoms with Gasteiger partial charge in [0.2, 0.25) is 6.41 Å². The molecule has 0 aromatic heterocycles. The van der Waals surface area contributed by atoms with Gasteiger partial charge in [-0.2, -0.15) is 0 Å². The van der Waals surface area contributed by atoms with Gasteiger partial charge in [-0.3, -0.25) is 23.7 Å².